The van der Waals surface area contributed by atoms with Gasteiger partial charge in [0.15, 0.2) is 6.04 Å². The normalized spacial score (nSPS) is 13.8. The fourth-order valence-electron chi connectivity index (χ4n) is 4.09. The molecule has 0 radical (unpaired) electrons. The summed E-state index contributed by atoms with van der Waals surface area (Å²) < 4.78 is 0. The molecule has 2 amide bonds. The van der Waals surface area contributed by atoms with Gasteiger partial charge >= 0.3 is 0 Å². The van der Waals surface area contributed by atoms with Crippen LogP contribution in [0.2, 0.25) is 0 Å². The van der Waals surface area contributed by atoms with E-state index in [4.69, 9.17) is 5.73 Å². The highest BCUT2D eigenvalue weighted by Gasteiger charge is 2.29. The van der Waals surface area contributed by atoms with Gasteiger partial charge in [-0.1, -0.05) is 60.7 Å². The summed E-state index contributed by atoms with van der Waals surface area (Å²) in [5.41, 5.74) is 9.41. The average molecular weight is 421 g/mol. The lowest BCUT2D eigenvalue weighted by atomic mass is 9.98. The number of aryl methyl sites for hydroxylation is 1. The third kappa shape index (κ3) is 4.15. The molecule has 0 saturated heterocycles. The van der Waals surface area contributed by atoms with Crippen LogP contribution in [-0.2, 0) is 17.6 Å². The number of rotatable bonds is 7. The summed E-state index contributed by atoms with van der Waals surface area (Å²) in [4.78, 5) is 26.2. The minimum absolute atomic E-state index is 0.00268. The third-order valence-corrected chi connectivity index (χ3v) is 6.82. The molecule has 0 spiro atoms. The second kappa shape index (κ2) is 8.81. The first-order valence-corrected chi connectivity index (χ1v) is 11.1. The van der Waals surface area contributed by atoms with Crippen molar-refractivity contribution in [2.75, 3.05) is 5.32 Å². The SMILES string of the molecule is C[C@H]([NH2+]C(c1ccccc1)c1ccccc1)C(=O)Nc1sc2c(c1C(N)=O)CCC2. The van der Waals surface area contributed by atoms with Crippen LogP contribution in [0.25, 0.3) is 0 Å². The lowest BCUT2D eigenvalue weighted by Gasteiger charge is -2.20. The van der Waals surface area contributed by atoms with Crippen LogP contribution in [0.3, 0.4) is 0 Å². The van der Waals surface area contributed by atoms with Gasteiger partial charge in [0.1, 0.15) is 11.0 Å². The van der Waals surface area contributed by atoms with Gasteiger partial charge in [-0.05, 0) is 31.7 Å². The van der Waals surface area contributed by atoms with E-state index in [0.29, 0.717) is 10.6 Å². The zero-order valence-corrected chi connectivity index (χ0v) is 17.7. The first-order valence-electron chi connectivity index (χ1n) is 10.2. The molecule has 1 aromatic heterocycles. The van der Waals surface area contributed by atoms with Crippen LogP contribution in [-0.4, -0.2) is 17.9 Å². The van der Waals surface area contributed by atoms with Crippen molar-refractivity contribution in [3.8, 4) is 0 Å². The Kier molecular flexibility index (Phi) is 5.97. The second-order valence-corrected chi connectivity index (χ2v) is 8.80. The van der Waals surface area contributed by atoms with E-state index in [9.17, 15) is 9.59 Å². The van der Waals surface area contributed by atoms with Crippen molar-refractivity contribution in [1.82, 2.24) is 0 Å². The van der Waals surface area contributed by atoms with E-state index >= 15 is 0 Å². The van der Waals surface area contributed by atoms with E-state index < -0.39 is 5.91 Å². The lowest BCUT2D eigenvalue weighted by molar-refractivity contribution is -0.704. The predicted octanol–water partition coefficient (Wildman–Crippen LogP) is 3.02. The molecule has 1 aliphatic rings. The summed E-state index contributed by atoms with van der Waals surface area (Å²) in [6.07, 6.45) is 2.84. The van der Waals surface area contributed by atoms with Crippen LogP contribution in [0, 0.1) is 0 Å². The molecule has 30 heavy (non-hydrogen) atoms. The Bertz CT molecular complexity index is 1010. The van der Waals surface area contributed by atoms with Gasteiger partial charge in [0.05, 0.1) is 5.56 Å². The molecule has 2 aromatic carbocycles. The van der Waals surface area contributed by atoms with Gasteiger partial charge in [0, 0.05) is 16.0 Å². The summed E-state index contributed by atoms with van der Waals surface area (Å²) in [5, 5.41) is 5.63. The van der Waals surface area contributed by atoms with Gasteiger partial charge in [0.25, 0.3) is 11.8 Å². The number of hydrogen-bond donors (Lipinski definition) is 3. The lowest BCUT2D eigenvalue weighted by Crippen LogP contribution is -2.92. The second-order valence-electron chi connectivity index (χ2n) is 7.70. The van der Waals surface area contributed by atoms with E-state index in [0.717, 1.165) is 36.0 Å². The maximum absolute atomic E-state index is 13.0. The van der Waals surface area contributed by atoms with Crippen molar-refractivity contribution >= 4 is 28.2 Å². The van der Waals surface area contributed by atoms with Crippen molar-refractivity contribution in [1.29, 1.82) is 0 Å². The third-order valence-electron chi connectivity index (χ3n) is 5.62. The highest BCUT2D eigenvalue weighted by Crippen LogP contribution is 2.38. The fraction of sp³-hybridized carbons (Fsp3) is 0.250. The van der Waals surface area contributed by atoms with Crippen molar-refractivity contribution in [3.63, 3.8) is 0 Å². The number of fused-ring (bicyclic) bond motifs is 1. The standard InChI is InChI=1S/C24H25N3O2S/c1-15(23(29)27-24-20(22(25)28)18-13-8-14-19(18)30-24)26-21(16-9-4-2-5-10-16)17-11-6-3-7-12-17/h2-7,9-12,15,21,26H,8,13-14H2,1H3,(H2,25,28)(H,27,29)/p+1/t15-/m0/s1. The Morgan fingerprint density at radius 1 is 1.00 bits per heavy atom. The number of carbonyl (C=O) groups is 2. The number of carbonyl (C=O) groups excluding carboxylic acids is 2. The van der Waals surface area contributed by atoms with Gasteiger partial charge in [-0.3, -0.25) is 9.59 Å². The molecule has 5 N–H and O–H groups in total. The largest absolute Gasteiger partial charge is 0.365 e. The summed E-state index contributed by atoms with van der Waals surface area (Å²) >= 11 is 1.49. The van der Waals surface area contributed by atoms with Gasteiger partial charge < -0.3 is 16.4 Å². The van der Waals surface area contributed by atoms with Gasteiger partial charge in [0.2, 0.25) is 0 Å². The van der Waals surface area contributed by atoms with E-state index in [-0.39, 0.29) is 18.0 Å². The summed E-state index contributed by atoms with van der Waals surface area (Å²) in [5.74, 6) is -0.595. The number of nitrogens with two attached hydrogens (primary N) is 2. The van der Waals surface area contributed by atoms with Gasteiger partial charge in [-0.2, -0.15) is 0 Å². The highest BCUT2D eigenvalue weighted by molar-refractivity contribution is 7.17. The van der Waals surface area contributed by atoms with Crippen LogP contribution in [0.5, 0.6) is 0 Å². The molecule has 6 heteroatoms. The zero-order valence-electron chi connectivity index (χ0n) is 16.9. The number of quaternary nitrogens is 1. The predicted molar refractivity (Wildman–Crippen MR) is 120 cm³/mol. The molecule has 4 rings (SSSR count). The Morgan fingerprint density at radius 2 is 1.60 bits per heavy atom. The monoisotopic (exact) mass is 420 g/mol. The Morgan fingerprint density at radius 3 is 2.17 bits per heavy atom. The van der Waals surface area contributed by atoms with Gasteiger partial charge in [-0.25, -0.2) is 0 Å². The van der Waals surface area contributed by atoms with E-state index in [1.807, 2.05) is 43.3 Å². The van der Waals surface area contributed by atoms with Gasteiger partial charge in [-0.15, -0.1) is 11.3 Å². The molecule has 0 fully saturated rings. The molecule has 0 bridgehead atoms. The summed E-state index contributed by atoms with van der Waals surface area (Å²) in [6.45, 7) is 1.89. The molecule has 1 aliphatic carbocycles. The van der Waals surface area contributed by atoms with Crippen LogP contribution in [0.1, 0.15) is 51.3 Å². The van der Waals surface area contributed by atoms with E-state index in [2.05, 4.69) is 34.9 Å². The molecule has 154 valence electrons. The fourth-order valence-corrected chi connectivity index (χ4v) is 5.39. The van der Waals surface area contributed by atoms with E-state index in [1.54, 1.807) is 0 Å². The maximum atomic E-state index is 13.0. The molecular formula is C24H26N3O2S+. The number of thiophene rings is 1. The molecular weight excluding hydrogens is 394 g/mol. The molecule has 5 nitrogen and oxygen atoms in total. The molecule has 0 unspecified atom stereocenters. The smallest absolute Gasteiger partial charge is 0.282 e. The Hall–Kier alpha value is -2.96. The number of nitrogens with one attached hydrogen (secondary N) is 1. The average Bonchev–Trinajstić information content (AvgIpc) is 3.33. The molecule has 1 atom stereocenters. The summed E-state index contributed by atoms with van der Waals surface area (Å²) in [7, 11) is 0. The number of benzene rings is 2. The van der Waals surface area contributed by atoms with Crippen molar-refractivity contribution in [2.24, 2.45) is 5.73 Å². The Balaban J connectivity index is 1.54. The van der Waals surface area contributed by atoms with Crippen molar-refractivity contribution in [2.45, 2.75) is 38.3 Å². The molecule has 3 aromatic rings. The van der Waals surface area contributed by atoms with E-state index in [1.165, 1.54) is 16.2 Å². The van der Waals surface area contributed by atoms with Crippen molar-refractivity contribution in [3.05, 3.63) is 87.8 Å². The van der Waals surface area contributed by atoms with Crippen LogP contribution < -0.4 is 16.4 Å². The first-order chi connectivity index (χ1) is 14.5. The van der Waals surface area contributed by atoms with Crippen LogP contribution in [0.15, 0.2) is 60.7 Å². The zero-order chi connectivity index (χ0) is 21.1. The molecule has 1 heterocycles. The molecule has 0 aliphatic heterocycles. The maximum Gasteiger partial charge on any atom is 0.282 e. The topological polar surface area (TPSA) is 88.8 Å². The minimum atomic E-state index is -0.465. The minimum Gasteiger partial charge on any atom is -0.365 e. The highest BCUT2D eigenvalue weighted by atomic mass is 32.1. The number of primary amides is 1. The number of hydrogen-bond acceptors (Lipinski definition) is 3. The number of amides is 2. The van der Waals surface area contributed by atoms with Crippen molar-refractivity contribution < 1.29 is 14.9 Å². The van der Waals surface area contributed by atoms with Crippen LogP contribution >= 0.6 is 11.3 Å². The Labute approximate surface area is 180 Å². The van der Waals surface area contributed by atoms with Crippen LogP contribution in [0.4, 0.5) is 5.00 Å². The summed E-state index contributed by atoms with van der Waals surface area (Å²) in [6, 6.07) is 20.0. The molecule has 0 saturated carbocycles. The first kappa shape index (κ1) is 20.3. The quantitative estimate of drug-likeness (QED) is 0.549. The number of anilines is 1.